The van der Waals surface area contributed by atoms with Gasteiger partial charge in [-0.15, -0.1) is 0 Å². The minimum absolute atomic E-state index is 0.0763. The molecule has 0 aliphatic carbocycles. The predicted octanol–water partition coefficient (Wildman–Crippen LogP) is 3.55. The first-order chi connectivity index (χ1) is 12.3. The number of nitro groups is 1. The minimum atomic E-state index is -0.563. The van der Waals surface area contributed by atoms with Crippen molar-refractivity contribution in [1.29, 1.82) is 0 Å². The molecule has 1 saturated heterocycles. The Balaban J connectivity index is 1.71. The molecular weight excluding hydrogens is 358 g/mol. The highest BCUT2D eigenvalue weighted by atomic mass is 35.5. The number of hydrogen-bond donors (Lipinski definition) is 1. The number of hydrogen-bond acceptors (Lipinski definition) is 4. The Hall–Kier alpha value is -2.93. The third kappa shape index (κ3) is 3.67. The molecule has 3 rings (SSSR count). The fraction of sp³-hybridized carbons (Fsp3) is 0.222. The van der Waals surface area contributed by atoms with Crippen LogP contribution in [0.3, 0.4) is 0 Å². The van der Waals surface area contributed by atoms with Gasteiger partial charge in [-0.25, -0.2) is 0 Å². The SMILES string of the molecule is Cc1cccc(N2CC(C(=O)Nc3ccc([N+](=O)[O-])cc3Cl)CC2=O)c1. The predicted molar refractivity (Wildman–Crippen MR) is 98.4 cm³/mol. The van der Waals surface area contributed by atoms with Crippen LogP contribution in [0.1, 0.15) is 12.0 Å². The molecule has 2 aromatic rings. The van der Waals surface area contributed by atoms with E-state index in [9.17, 15) is 19.7 Å². The fourth-order valence-corrected chi connectivity index (χ4v) is 3.10. The third-order valence-corrected chi connectivity index (χ3v) is 4.54. The summed E-state index contributed by atoms with van der Waals surface area (Å²) in [6, 6.07) is 11.3. The summed E-state index contributed by atoms with van der Waals surface area (Å²) in [6.07, 6.45) is 0.102. The van der Waals surface area contributed by atoms with Gasteiger partial charge in [0.15, 0.2) is 0 Å². The Labute approximate surface area is 154 Å². The van der Waals surface area contributed by atoms with E-state index in [1.807, 2.05) is 31.2 Å². The van der Waals surface area contributed by atoms with Crippen molar-refractivity contribution in [2.75, 3.05) is 16.8 Å². The van der Waals surface area contributed by atoms with E-state index >= 15 is 0 Å². The molecular formula is C18H16ClN3O4. The topological polar surface area (TPSA) is 92.6 Å². The van der Waals surface area contributed by atoms with Crippen molar-refractivity contribution < 1.29 is 14.5 Å². The molecule has 26 heavy (non-hydrogen) atoms. The quantitative estimate of drug-likeness (QED) is 0.655. The molecule has 1 N–H and O–H groups in total. The molecule has 2 amide bonds. The number of amides is 2. The lowest BCUT2D eigenvalue weighted by molar-refractivity contribution is -0.384. The van der Waals surface area contributed by atoms with E-state index in [1.54, 1.807) is 4.90 Å². The highest BCUT2D eigenvalue weighted by Gasteiger charge is 2.35. The van der Waals surface area contributed by atoms with Gasteiger partial charge < -0.3 is 10.2 Å². The van der Waals surface area contributed by atoms with Gasteiger partial charge in [-0.05, 0) is 30.7 Å². The molecule has 8 heteroatoms. The van der Waals surface area contributed by atoms with Gasteiger partial charge in [0, 0.05) is 30.8 Å². The van der Waals surface area contributed by atoms with Crippen molar-refractivity contribution in [3.8, 4) is 0 Å². The molecule has 1 aliphatic heterocycles. The molecule has 0 radical (unpaired) electrons. The smallest absolute Gasteiger partial charge is 0.271 e. The molecule has 2 aromatic carbocycles. The molecule has 7 nitrogen and oxygen atoms in total. The monoisotopic (exact) mass is 373 g/mol. The summed E-state index contributed by atoms with van der Waals surface area (Å²) in [7, 11) is 0. The number of nitrogens with zero attached hydrogens (tertiary/aromatic N) is 2. The molecule has 0 spiro atoms. The summed E-state index contributed by atoms with van der Waals surface area (Å²) in [6.45, 7) is 2.21. The maximum Gasteiger partial charge on any atom is 0.271 e. The summed E-state index contributed by atoms with van der Waals surface area (Å²) in [4.78, 5) is 36.5. The van der Waals surface area contributed by atoms with Gasteiger partial charge in [-0.2, -0.15) is 0 Å². The number of aryl methyl sites for hydroxylation is 1. The van der Waals surface area contributed by atoms with Crippen molar-refractivity contribution in [1.82, 2.24) is 0 Å². The van der Waals surface area contributed by atoms with Crippen LogP contribution in [0.4, 0.5) is 17.1 Å². The number of halogens is 1. The second kappa shape index (κ2) is 7.13. The number of carbonyl (C=O) groups is 2. The Kier molecular flexibility index (Phi) is 4.90. The van der Waals surface area contributed by atoms with E-state index in [0.717, 1.165) is 11.3 Å². The van der Waals surface area contributed by atoms with Crippen LogP contribution >= 0.6 is 11.6 Å². The van der Waals surface area contributed by atoms with Gasteiger partial charge in [-0.1, -0.05) is 23.7 Å². The molecule has 1 atom stereocenters. The average Bonchev–Trinajstić information content (AvgIpc) is 2.98. The standard InChI is InChI=1S/C18H16ClN3O4/c1-11-3-2-4-13(7-11)21-10-12(8-17(21)23)18(24)20-16-6-5-14(22(25)26)9-15(16)19/h2-7,9,12H,8,10H2,1H3,(H,20,24). The first kappa shape index (κ1) is 17.9. The number of carbonyl (C=O) groups excluding carboxylic acids is 2. The van der Waals surface area contributed by atoms with E-state index < -0.39 is 10.8 Å². The van der Waals surface area contributed by atoms with Gasteiger partial charge in [-0.3, -0.25) is 19.7 Å². The van der Waals surface area contributed by atoms with Crippen LogP contribution in [-0.4, -0.2) is 23.3 Å². The Morgan fingerprint density at radius 2 is 2.08 bits per heavy atom. The molecule has 0 saturated carbocycles. The zero-order valence-electron chi connectivity index (χ0n) is 13.9. The zero-order valence-corrected chi connectivity index (χ0v) is 14.7. The van der Waals surface area contributed by atoms with Crippen LogP contribution in [0.15, 0.2) is 42.5 Å². The van der Waals surface area contributed by atoms with Crippen LogP contribution in [0.2, 0.25) is 5.02 Å². The lowest BCUT2D eigenvalue weighted by Gasteiger charge is -2.17. The summed E-state index contributed by atoms with van der Waals surface area (Å²) in [5.41, 5.74) is 1.91. The van der Waals surface area contributed by atoms with Gasteiger partial charge in [0.1, 0.15) is 0 Å². The fourth-order valence-electron chi connectivity index (χ4n) is 2.88. The number of benzene rings is 2. The number of non-ortho nitro benzene ring substituents is 1. The second-order valence-electron chi connectivity index (χ2n) is 6.15. The van der Waals surface area contributed by atoms with Crippen LogP contribution in [0.25, 0.3) is 0 Å². The molecule has 1 unspecified atom stereocenters. The van der Waals surface area contributed by atoms with Gasteiger partial charge in [0.05, 0.1) is 21.6 Å². The van der Waals surface area contributed by atoms with Crippen LogP contribution in [0, 0.1) is 23.0 Å². The molecule has 1 heterocycles. The van der Waals surface area contributed by atoms with Crippen molar-refractivity contribution >= 4 is 40.5 Å². The first-order valence-electron chi connectivity index (χ1n) is 7.97. The van der Waals surface area contributed by atoms with Crippen molar-refractivity contribution in [2.45, 2.75) is 13.3 Å². The second-order valence-corrected chi connectivity index (χ2v) is 6.56. The zero-order chi connectivity index (χ0) is 18.8. The molecule has 0 bridgehead atoms. The van der Waals surface area contributed by atoms with Crippen molar-refractivity contribution in [3.63, 3.8) is 0 Å². The van der Waals surface area contributed by atoms with Gasteiger partial charge in [0.25, 0.3) is 5.69 Å². The van der Waals surface area contributed by atoms with E-state index in [2.05, 4.69) is 5.32 Å². The molecule has 134 valence electrons. The van der Waals surface area contributed by atoms with Gasteiger partial charge in [0.2, 0.25) is 11.8 Å². The molecule has 1 fully saturated rings. The first-order valence-corrected chi connectivity index (χ1v) is 8.35. The summed E-state index contributed by atoms with van der Waals surface area (Å²) >= 11 is 6.00. The molecule has 1 aliphatic rings. The van der Waals surface area contributed by atoms with E-state index in [1.165, 1.54) is 18.2 Å². The van der Waals surface area contributed by atoms with Gasteiger partial charge >= 0.3 is 0 Å². The minimum Gasteiger partial charge on any atom is -0.324 e. The maximum atomic E-state index is 12.5. The van der Waals surface area contributed by atoms with E-state index in [-0.39, 0.29) is 41.2 Å². The summed E-state index contributed by atoms with van der Waals surface area (Å²) in [5, 5.41) is 13.5. The van der Waals surface area contributed by atoms with Crippen molar-refractivity contribution in [3.05, 3.63) is 63.2 Å². The number of nitrogens with one attached hydrogen (secondary N) is 1. The average molecular weight is 374 g/mol. The Morgan fingerprint density at radius 3 is 2.73 bits per heavy atom. The van der Waals surface area contributed by atoms with Crippen molar-refractivity contribution in [2.24, 2.45) is 5.92 Å². The van der Waals surface area contributed by atoms with Crippen LogP contribution in [-0.2, 0) is 9.59 Å². The lowest BCUT2D eigenvalue weighted by Crippen LogP contribution is -2.28. The lowest BCUT2D eigenvalue weighted by atomic mass is 10.1. The third-order valence-electron chi connectivity index (χ3n) is 4.23. The summed E-state index contributed by atoms with van der Waals surface area (Å²) in [5.74, 6) is -0.982. The number of anilines is 2. The Bertz CT molecular complexity index is 900. The summed E-state index contributed by atoms with van der Waals surface area (Å²) < 4.78 is 0. The van der Waals surface area contributed by atoms with Crippen LogP contribution < -0.4 is 10.2 Å². The molecule has 0 aromatic heterocycles. The highest BCUT2D eigenvalue weighted by molar-refractivity contribution is 6.34. The maximum absolute atomic E-state index is 12.5. The highest BCUT2D eigenvalue weighted by Crippen LogP contribution is 2.29. The number of nitro benzene ring substituents is 1. The largest absolute Gasteiger partial charge is 0.324 e. The Morgan fingerprint density at radius 1 is 1.31 bits per heavy atom. The van der Waals surface area contributed by atoms with E-state index in [4.69, 9.17) is 11.6 Å². The van der Waals surface area contributed by atoms with Crippen LogP contribution in [0.5, 0.6) is 0 Å². The number of rotatable bonds is 4. The van der Waals surface area contributed by atoms with E-state index in [0.29, 0.717) is 0 Å². The normalized spacial score (nSPS) is 16.6.